The highest BCUT2D eigenvalue weighted by Gasteiger charge is 2.28. The Bertz CT molecular complexity index is 758. The molecule has 1 N–H and O–H groups in total. The predicted molar refractivity (Wildman–Crippen MR) is 80.8 cm³/mol. The number of aliphatic hydroxyl groups excluding tert-OH is 1. The fraction of sp³-hybridized carbons (Fsp3) is 0.222. The summed E-state index contributed by atoms with van der Waals surface area (Å²) in [5, 5.41) is 11.6. The zero-order valence-corrected chi connectivity index (χ0v) is 11.3. The van der Waals surface area contributed by atoms with Crippen LogP contribution < -0.4 is 0 Å². The average Bonchev–Trinajstić information content (AvgIpc) is 3.01. The lowest BCUT2D eigenvalue weighted by molar-refractivity contribution is 0.172. The van der Waals surface area contributed by atoms with Gasteiger partial charge in [-0.25, -0.2) is 0 Å². The van der Waals surface area contributed by atoms with Gasteiger partial charge < -0.3 is 9.67 Å². The second-order valence-corrected chi connectivity index (χ2v) is 5.51. The molecule has 1 aromatic heterocycles. The molecule has 1 heterocycles. The Labute approximate surface area is 118 Å². The zero-order valence-electron chi connectivity index (χ0n) is 11.3. The number of nitrogens with zero attached hydrogens (tertiary/aromatic N) is 1. The van der Waals surface area contributed by atoms with Crippen molar-refractivity contribution < 1.29 is 5.11 Å². The van der Waals surface area contributed by atoms with Gasteiger partial charge >= 0.3 is 0 Å². The van der Waals surface area contributed by atoms with Gasteiger partial charge in [0.2, 0.25) is 0 Å². The van der Waals surface area contributed by atoms with Gasteiger partial charge in [0.05, 0.1) is 11.8 Å². The van der Waals surface area contributed by atoms with Crippen molar-refractivity contribution >= 4 is 10.9 Å². The lowest BCUT2D eigenvalue weighted by Crippen LogP contribution is -2.06. The maximum Gasteiger partial charge on any atom is 0.0946 e. The Balaban J connectivity index is 1.92. The number of benzene rings is 2. The topological polar surface area (TPSA) is 25.2 Å². The van der Waals surface area contributed by atoms with Crippen LogP contribution in [0.3, 0.4) is 0 Å². The van der Waals surface area contributed by atoms with Crippen molar-refractivity contribution in [2.75, 3.05) is 0 Å². The minimum absolute atomic E-state index is 0.318. The highest BCUT2D eigenvalue weighted by molar-refractivity contribution is 5.86. The molecule has 1 atom stereocenters. The Kier molecular flexibility index (Phi) is 2.64. The normalized spacial score (nSPS) is 17.6. The number of hydrogen-bond acceptors (Lipinski definition) is 1. The molecule has 2 nitrogen and oxygen atoms in total. The maximum absolute atomic E-state index is 10.3. The molecular weight excluding hydrogens is 246 g/mol. The summed E-state index contributed by atoms with van der Waals surface area (Å²) in [6, 6.07) is 18.9. The Hall–Kier alpha value is -2.06. The van der Waals surface area contributed by atoms with Crippen LogP contribution >= 0.6 is 0 Å². The fourth-order valence-corrected chi connectivity index (χ4v) is 3.39. The molecule has 0 saturated carbocycles. The van der Waals surface area contributed by atoms with Crippen LogP contribution in [0.4, 0.5) is 0 Å². The highest BCUT2D eigenvalue weighted by Crippen LogP contribution is 2.38. The van der Waals surface area contributed by atoms with Crippen LogP contribution in [0.25, 0.3) is 10.9 Å². The second kappa shape index (κ2) is 4.50. The van der Waals surface area contributed by atoms with Gasteiger partial charge in [0.1, 0.15) is 0 Å². The minimum Gasteiger partial charge on any atom is -0.387 e. The van der Waals surface area contributed by atoms with Crippen molar-refractivity contribution in [1.82, 2.24) is 4.57 Å². The van der Waals surface area contributed by atoms with Crippen LogP contribution in [-0.2, 0) is 13.0 Å². The third-order valence-electron chi connectivity index (χ3n) is 4.29. The van der Waals surface area contributed by atoms with E-state index >= 15 is 0 Å². The highest BCUT2D eigenvalue weighted by atomic mass is 16.3. The molecule has 1 aliphatic rings. The fourth-order valence-electron chi connectivity index (χ4n) is 3.39. The van der Waals surface area contributed by atoms with E-state index in [4.69, 9.17) is 0 Å². The van der Waals surface area contributed by atoms with Gasteiger partial charge in [-0.2, -0.15) is 0 Å². The SMILES string of the molecule is O[C@@H]1CCc2c1n(Cc1ccccc1)c1ccccc21. The average molecular weight is 263 g/mol. The molecule has 0 spiro atoms. The standard InChI is InChI=1S/C18H17NO/c20-17-11-10-15-14-8-4-5-9-16(14)19(18(15)17)12-13-6-2-1-3-7-13/h1-9,17,20H,10-12H2/t17-/m1/s1. The van der Waals surface area contributed by atoms with Crippen molar-refractivity contribution in [3.05, 3.63) is 71.4 Å². The van der Waals surface area contributed by atoms with E-state index in [2.05, 4.69) is 53.1 Å². The summed E-state index contributed by atoms with van der Waals surface area (Å²) in [6.07, 6.45) is 1.52. The van der Waals surface area contributed by atoms with E-state index in [1.807, 2.05) is 6.07 Å². The molecule has 0 fully saturated rings. The van der Waals surface area contributed by atoms with Gasteiger partial charge in [-0.3, -0.25) is 0 Å². The molecule has 3 aromatic rings. The first-order valence-corrected chi connectivity index (χ1v) is 7.16. The van der Waals surface area contributed by atoms with Gasteiger partial charge in [0.15, 0.2) is 0 Å². The monoisotopic (exact) mass is 263 g/mol. The van der Waals surface area contributed by atoms with Gasteiger partial charge in [-0.1, -0.05) is 48.5 Å². The van der Waals surface area contributed by atoms with Crippen molar-refractivity contribution in [2.24, 2.45) is 0 Å². The number of aryl methyl sites for hydroxylation is 1. The Morgan fingerprint density at radius 3 is 2.60 bits per heavy atom. The van der Waals surface area contributed by atoms with Gasteiger partial charge in [-0.05, 0) is 30.0 Å². The molecule has 2 aromatic carbocycles. The molecule has 2 heteroatoms. The molecule has 100 valence electrons. The van der Waals surface area contributed by atoms with Gasteiger partial charge in [-0.15, -0.1) is 0 Å². The van der Waals surface area contributed by atoms with E-state index in [0.717, 1.165) is 25.1 Å². The minimum atomic E-state index is -0.318. The molecule has 0 unspecified atom stereocenters. The largest absolute Gasteiger partial charge is 0.387 e. The van der Waals surface area contributed by atoms with Crippen LogP contribution in [0.2, 0.25) is 0 Å². The predicted octanol–water partition coefficient (Wildman–Crippen LogP) is 3.67. The van der Waals surface area contributed by atoms with E-state index < -0.39 is 0 Å². The molecule has 0 saturated heterocycles. The number of hydrogen-bond donors (Lipinski definition) is 1. The van der Waals surface area contributed by atoms with E-state index in [1.54, 1.807) is 0 Å². The summed E-state index contributed by atoms with van der Waals surface area (Å²) >= 11 is 0. The number of fused-ring (bicyclic) bond motifs is 3. The Morgan fingerprint density at radius 1 is 1.00 bits per heavy atom. The lowest BCUT2D eigenvalue weighted by atomic mass is 10.1. The van der Waals surface area contributed by atoms with Crippen molar-refractivity contribution in [3.8, 4) is 0 Å². The summed E-state index contributed by atoms with van der Waals surface area (Å²) in [5.74, 6) is 0. The van der Waals surface area contributed by atoms with Gasteiger partial charge in [0, 0.05) is 17.4 Å². The first-order valence-electron chi connectivity index (χ1n) is 7.16. The molecule has 1 aliphatic carbocycles. The van der Waals surface area contributed by atoms with Crippen LogP contribution in [0.1, 0.15) is 29.3 Å². The van der Waals surface area contributed by atoms with E-state index in [1.165, 1.54) is 22.0 Å². The Morgan fingerprint density at radius 2 is 1.75 bits per heavy atom. The number of para-hydroxylation sites is 1. The van der Waals surface area contributed by atoms with Crippen molar-refractivity contribution in [1.29, 1.82) is 0 Å². The van der Waals surface area contributed by atoms with Crippen LogP contribution in [-0.4, -0.2) is 9.67 Å². The number of aromatic nitrogens is 1. The van der Waals surface area contributed by atoms with E-state index in [0.29, 0.717) is 0 Å². The summed E-state index contributed by atoms with van der Waals surface area (Å²) < 4.78 is 2.29. The summed E-state index contributed by atoms with van der Waals surface area (Å²) in [4.78, 5) is 0. The first-order chi connectivity index (χ1) is 9.84. The molecule has 0 radical (unpaired) electrons. The third-order valence-corrected chi connectivity index (χ3v) is 4.29. The maximum atomic E-state index is 10.3. The second-order valence-electron chi connectivity index (χ2n) is 5.51. The van der Waals surface area contributed by atoms with Crippen LogP contribution in [0.15, 0.2) is 54.6 Å². The van der Waals surface area contributed by atoms with Crippen molar-refractivity contribution in [2.45, 2.75) is 25.5 Å². The van der Waals surface area contributed by atoms with E-state index in [-0.39, 0.29) is 6.10 Å². The molecule has 0 amide bonds. The molecular formula is C18H17NO. The molecule has 20 heavy (non-hydrogen) atoms. The van der Waals surface area contributed by atoms with Crippen LogP contribution in [0.5, 0.6) is 0 Å². The quantitative estimate of drug-likeness (QED) is 0.750. The third kappa shape index (κ3) is 1.69. The first kappa shape index (κ1) is 11.7. The summed E-state index contributed by atoms with van der Waals surface area (Å²) in [7, 11) is 0. The molecule has 4 rings (SSSR count). The van der Waals surface area contributed by atoms with Crippen LogP contribution in [0, 0.1) is 0 Å². The van der Waals surface area contributed by atoms with Gasteiger partial charge in [0.25, 0.3) is 0 Å². The van der Waals surface area contributed by atoms with Crippen molar-refractivity contribution in [3.63, 3.8) is 0 Å². The van der Waals surface area contributed by atoms with E-state index in [9.17, 15) is 5.11 Å². The zero-order chi connectivity index (χ0) is 13.5. The lowest BCUT2D eigenvalue weighted by Gasteiger charge is -2.12. The smallest absolute Gasteiger partial charge is 0.0946 e. The number of rotatable bonds is 2. The number of aliphatic hydroxyl groups is 1. The summed E-state index contributed by atoms with van der Waals surface area (Å²) in [6.45, 7) is 0.827. The summed E-state index contributed by atoms with van der Waals surface area (Å²) in [5.41, 5.74) is 4.97. The molecule has 0 bridgehead atoms. The molecule has 0 aliphatic heterocycles.